The maximum Gasteiger partial charge on any atom is 0.0438 e. The number of halogens is 2. The largest absolute Gasteiger partial charge is 0.122 e. The van der Waals surface area contributed by atoms with Gasteiger partial charge in [-0.3, -0.25) is 0 Å². The Kier molecular flexibility index (Phi) is 4.43. The van der Waals surface area contributed by atoms with E-state index in [1.54, 1.807) is 0 Å². The van der Waals surface area contributed by atoms with E-state index in [2.05, 4.69) is 29.2 Å². The van der Waals surface area contributed by atoms with Crippen LogP contribution in [0.2, 0.25) is 0 Å². The summed E-state index contributed by atoms with van der Waals surface area (Å²) in [5.74, 6) is 0.600. The molecule has 0 heterocycles. The molecule has 6 heavy (non-hydrogen) atoms. The standard InChI is InChI=1S/C4H6ClI/c1-4(2-5)3-6/h1-3H2. The third-order valence-corrected chi connectivity index (χ3v) is 1.83. The number of hydrogen-bond donors (Lipinski definition) is 0. The second kappa shape index (κ2) is 3.93. The van der Waals surface area contributed by atoms with Gasteiger partial charge >= 0.3 is 0 Å². The fraction of sp³-hybridized carbons (Fsp3) is 0.500. The van der Waals surface area contributed by atoms with Gasteiger partial charge in [0, 0.05) is 10.3 Å². The highest BCUT2D eigenvalue weighted by atomic mass is 127. The summed E-state index contributed by atoms with van der Waals surface area (Å²) in [6.07, 6.45) is 0. The molecule has 0 aliphatic rings. The first-order chi connectivity index (χ1) is 2.81. The molecule has 0 aromatic rings. The van der Waals surface area contributed by atoms with Gasteiger partial charge in [0.05, 0.1) is 0 Å². The lowest BCUT2D eigenvalue weighted by Crippen LogP contribution is -1.78. The second-order valence-electron chi connectivity index (χ2n) is 1.02. The van der Waals surface area contributed by atoms with Crippen LogP contribution in [-0.2, 0) is 0 Å². The molecular formula is C4H6ClI. The molecule has 0 fully saturated rings. The first kappa shape index (κ1) is 6.76. The highest BCUT2D eigenvalue weighted by molar-refractivity contribution is 14.1. The quantitative estimate of drug-likeness (QED) is 0.377. The first-order valence-corrected chi connectivity index (χ1v) is 3.66. The molecule has 0 saturated carbocycles. The summed E-state index contributed by atoms with van der Waals surface area (Å²) in [6, 6.07) is 0. The van der Waals surface area contributed by atoms with Crippen LogP contribution < -0.4 is 0 Å². The predicted octanol–water partition coefficient (Wildman–Crippen LogP) is 2.22. The zero-order chi connectivity index (χ0) is 4.99. The van der Waals surface area contributed by atoms with Gasteiger partial charge in [-0.05, 0) is 0 Å². The molecule has 0 aliphatic carbocycles. The Morgan fingerprint density at radius 3 is 2.33 bits per heavy atom. The van der Waals surface area contributed by atoms with Crippen LogP contribution in [0.15, 0.2) is 12.2 Å². The third-order valence-electron chi connectivity index (χ3n) is 0.378. The van der Waals surface area contributed by atoms with Crippen molar-refractivity contribution in [2.75, 3.05) is 10.3 Å². The van der Waals surface area contributed by atoms with Crippen molar-refractivity contribution in [1.29, 1.82) is 0 Å². The van der Waals surface area contributed by atoms with Crippen molar-refractivity contribution in [2.45, 2.75) is 0 Å². The minimum Gasteiger partial charge on any atom is -0.122 e. The topological polar surface area (TPSA) is 0 Å². The van der Waals surface area contributed by atoms with Gasteiger partial charge in [-0.25, -0.2) is 0 Å². The van der Waals surface area contributed by atoms with E-state index in [0.29, 0.717) is 5.88 Å². The Balaban J connectivity index is 2.99. The second-order valence-corrected chi connectivity index (χ2v) is 2.05. The Hall–Kier alpha value is 0.760. The Morgan fingerprint density at radius 2 is 2.33 bits per heavy atom. The zero-order valence-corrected chi connectivity index (χ0v) is 6.29. The average Bonchev–Trinajstić information content (AvgIpc) is 1.65. The highest BCUT2D eigenvalue weighted by Gasteiger charge is 1.81. The maximum absolute atomic E-state index is 5.35. The summed E-state index contributed by atoms with van der Waals surface area (Å²) in [5.41, 5.74) is 1.09. The smallest absolute Gasteiger partial charge is 0.0438 e. The van der Waals surface area contributed by atoms with Crippen LogP contribution in [0.4, 0.5) is 0 Å². The molecule has 36 valence electrons. The summed E-state index contributed by atoms with van der Waals surface area (Å²) in [7, 11) is 0. The summed E-state index contributed by atoms with van der Waals surface area (Å²) in [6.45, 7) is 3.65. The van der Waals surface area contributed by atoms with Gasteiger partial charge in [0.15, 0.2) is 0 Å². The van der Waals surface area contributed by atoms with Crippen LogP contribution in [0.3, 0.4) is 0 Å². The Labute approximate surface area is 56.7 Å². The summed E-state index contributed by atoms with van der Waals surface area (Å²) < 4.78 is 0.973. The van der Waals surface area contributed by atoms with Crippen molar-refractivity contribution >= 4 is 34.2 Å². The number of allylic oxidation sites excluding steroid dienone is 1. The van der Waals surface area contributed by atoms with Crippen molar-refractivity contribution in [3.63, 3.8) is 0 Å². The molecule has 0 N–H and O–H groups in total. The molecule has 0 aromatic heterocycles. The van der Waals surface area contributed by atoms with Crippen LogP contribution in [0.5, 0.6) is 0 Å². The highest BCUT2D eigenvalue weighted by Crippen LogP contribution is 1.97. The van der Waals surface area contributed by atoms with Crippen LogP contribution in [-0.4, -0.2) is 10.3 Å². The van der Waals surface area contributed by atoms with Gasteiger partial charge in [-0.1, -0.05) is 34.7 Å². The first-order valence-electron chi connectivity index (χ1n) is 1.60. The summed E-state index contributed by atoms with van der Waals surface area (Å²) in [5, 5.41) is 0. The molecule has 0 amide bonds. The van der Waals surface area contributed by atoms with E-state index in [1.807, 2.05) is 0 Å². The molecule has 0 bridgehead atoms. The van der Waals surface area contributed by atoms with Crippen molar-refractivity contribution in [2.24, 2.45) is 0 Å². The molecule has 0 saturated heterocycles. The molecule has 0 aromatic carbocycles. The van der Waals surface area contributed by atoms with Crippen molar-refractivity contribution in [1.82, 2.24) is 0 Å². The SMILES string of the molecule is C=C(CCl)CI. The fourth-order valence-electron chi connectivity index (χ4n) is 0.0357. The van der Waals surface area contributed by atoms with Crippen molar-refractivity contribution < 1.29 is 0 Å². The van der Waals surface area contributed by atoms with Gasteiger partial charge in [0.25, 0.3) is 0 Å². The van der Waals surface area contributed by atoms with Gasteiger partial charge in [0.2, 0.25) is 0 Å². The molecule has 0 aliphatic heterocycles. The maximum atomic E-state index is 5.35. The average molecular weight is 216 g/mol. The molecule has 0 unspecified atom stereocenters. The fourth-order valence-corrected chi connectivity index (χ4v) is 0.719. The Bertz CT molecular complexity index is 45.5. The van der Waals surface area contributed by atoms with E-state index in [9.17, 15) is 0 Å². The van der Waals surface area contributed by atoms with E-state index in [0.717, 1.165) is 10.0 Å². The van der Waals surface area contributed by atoms with E-state index in [1.165, 1.54) is 0 Å². The molecule has 0 spiro atoms. The molecule has 2 heteroatoms. The normalized spacial score (nSPS) is 8.33. The van der Waals surface area contributed by atoms with E-state index in [4.69, 9.17) is 11.6 Å². The van der Waals surface area contributed by atoms with Crippen molar-refractivity contribution in [3.8, 4) is 0 Å². The monoisotopic (exact) mass is 216 g/mol. The summed E-state index contributed by atoms with van der Waals surface area (Å²) in [4.78, 5) is 0. The van der Waals surface area contributed by atoms with Gasteiger partial charge in [0.1, 0.15) is 0 Å². The van der Waals surface area contributed by atoms with E-state index < -0.39 is 0 Å². The van der Waals surface area contributed by atoms with Crippen LogP contribution >= 0.6 is 34.2 Å². The number of hydrogen-bond acceptors (Lipinski definition) is 0. The van der Waals surface area contributed by atoms with Gasteiger partial charge in [-0.2, -0.15) is 0 Å². The lowest BCUT2D eigenvalue weighted by atomic mass is 10.4. The third kappa shape index (κ3) is 2.97. The lowest BCUT2D eigenvalue weighted by molar-refractivity contribution is 1.48. The van der Waals surface area contributed by atoms with Gasteiger partial charge < -0.3 is 0 Å². The molecule has 0 rings (SSSR count). The van der Waals surface area contributed by atoms with Crippen molar-refractivity contribution in [3.05, 3.63) is 12.2 Å². The van der Waals surface area contributed by atoms with Crippen LogP contribution in [0, 0.1) is 0 Å². The lowest BCUT2D eigenvalue weighted by Gasteiger charge is -1.85. The van der Waals surface area contributed by atoms with Gasteiger partial charge in [-0.15, -0.1) is 11.6 Å². The zero-order valence-electron chi connectivity index (χ0n) is 3.38. The molecular weight excluding hydrogens is 210 g/mol. The Morgan fingerprint density at radius 1 is 1.83 bits per heavy atom. The van der Waals surface area contributed by atoms with Crippen LogP contribution in [0.25, 0.3) is 0 Å². The molecule has 0 radical (unpaired) electrons. The predicted molar refractivity (Wildman–Crippen MR) is 38.7 cm³/mol. The van der Waals surface area contributed by atoms with Crippen LogP contribution in [0.1, 0.15) is 0 Å². The molecule has 0 atom stereocenters. The number of rotatable bonds is 2. The minimum atomic E-state index is 0.600. The minimum absolute atomic E-state index is 0.600. The number of alkyl halides is 2. The molecule has 0 nitrogen and oxygen atoms in total. The van der Waals surface area contributed by atoms with E-state index >= 15 is 0 Å². The summed E-state index contributed by atoms with van der Waals surface area (Å²) >= 11 is 7.58. The van der Waals surface area contributed by atoms with E-state index in [-0.39, 0.29) is 0 Å².